The molecule has 2 heteroatoms. The third-order valence-electron chi connectivity index (χ3n) is 4.03. The van der Waals surface area contributed by atoms with Crippen LogP contribution in [0.3, 0.4) is 0 Å². The summed E-state index contributed by atoms with van der Waals surface area (Å²) in [5.74, 6) is 0.00368. The molecule has 0 aliphatic carbocycles. The Morgan fingerprint density at radius 1 is 0.762 bits per heavy atom. The fourth-order valence-electron chi connectivity index (χ4n) is 2.60. The second-order valence-electron chi connectivity index (χ2n) is 6.37. The van der Waals surface area contributed by atoms with Gasteiger partial charge in [-0.3, -0.25) is 4.79 Å². The van der Waals surface area contributed by atoms with Crippen molar-refractivity contribution >= 4 is 5.97 Å². The summed E-state index contributed by atoms with van der Waals surface area (Å²) < 4.78 is 5.47. The first-order valence-electron chi connectivity index (χ1n) is 9.40. The van der Waals surface area contributed by atoms with E-state index in [9.17, 15) is 4.79 Å². The Morgan fingerprint density at radius 2 is 1.24 bits per heavy atom. The van der Waals surface area contributed by atoms with Crippen molar-refractivity contribution in [3.8, 4) is 0 Å². The minimum Gasteiger partial charge on any atom is -0.463 e. The number of hydrogen-bond acceptors (Lipinski definition) is 2. The summed E-state index contributed by atoms with van der Waals surface area (Å²) >= 11 is 0. The summed E-state index contributed by atoms with van der Waals surface area (Å²) in [5.41, 5.74) is 0. The monoisotopic (exact) mass is 298 g/mol. The predicted octanol–water partition coefficient (Wildman–Crippen LogP) is 6.42. The first-order valence-corrected chi connectivity index (χ1v) is 9.40. The lowest BCUT2D eigenvalue weighted by Crippen LogP contribution is -2.14. The van der Waals surface area contributed by atoms with Crippen LogP contribution in [0.4, 0.5) is 0 Å². The molecule has 0 rings (SSSR count). The minimum atomic E-state index is 0.00368. The molecule has 1 unspecified atom stereocenters. The van der Waals surface area contributed by atoms with E-state index >= 15 is 0 Å². The van der Waals surface area contributed by atoms with Crippen LogP contribution in [-0.4, -0.2) is 12.1 Å². The Labute approximate surface area is 133 Å². The number of hydrogen-bond donors (Lipinski definition) is 0. The Balaban J connectivity index is 3.35. The summed E-state index contributed by atoms with van der Waals surface area (Å²) in [6, 6.07) is 0. The number of carbonyl (C=O) groups is 1. The molecular weight excluding hydrogens is 260 g/mol. The molecule has 2 nitrogen and oxygen atoms in total. The molecule has 0 N–H and O–H groups in total. The highest BCUT2D eigenvalue weighted by Gasteiger charge is 2.08. The maximum absolute atomic E-state index is 11.7. The molecule has 0 aromatic carbocycles. The standard InChI is InChI=1S/C19H38O2/c1-4-6-8-10-12-14-16-18(3)21-19(20)17-15-13-11-9-7-5-2/h18H,4-17H2,1-3H3. The minimum absolute atomic E-state index is 0.00368. The maximum Gasteiger partial charge on any atom is 0.306 e. The molecule has 0 fully saturated rings. The zero-order chi connectivity index (χ0) is 15.8. The van der Waals surface area contributed by atoms with Crippen LogP contribution in [0.2, 0.25) is 0 Å². The fraction of sp³-hybridized carbons (Fsp3) is 0.947. The summed E-state index contributed by atoms with van der Waals surface area (Å²) in [4.78, 5) is 11.7. The van der Waals surface area contributed by atoms with E-state index in [0.29, 0.717) is 6.42 Å². The molecule has 0 aliphatic rings. The van der Waals surface area contributed by atoms with Gasteiger partial charge in [0.05, 0.1) is 6.10 Å². The molecule has 1 atom stereocenters. The number of unbranched alkanes of at least 4 members (excludes halogenated alkanes) is 10. The lowest BCUT2D eigenvalue weighted by atomic mass is 10.1. The van der Waals surface area contributed by atoms with Gasteiger partial charge in [0, 0.05) is 6.42 Å². The van der Waals surface area contributed by atoms with Gasteiger partial charge in [-0.05, 0) is 26.2 Å². The van der Waals surface area contributed by atoms with Crippen molar-refractivity contribution in [2.24, 2.45) is 0 Å². The summed E-state index contributed by atoms with van der Waals surface area (Å²) in [5, 5.41) is 0. The summed E-state index contributed by atoms with van der Waals surface area (Å²) in [6.07, 6.45) is 16.8. The van der Waals surface area contributed by atoms with Crippen molar-refractivity contribution < 1.29 is 9.53 Å². The van der Waals surface area contributed by atoms with E-state index in [0.717, 1.165) is 12.8 Å². The average Bonchev–Trinajstić information content (AvgIpc) is 2.46. The maximum atomic E-state index is 11.7. The van der Waals surface area contributed by atoms with Crippen LogP contribution in [0, 0.1) is 0 Å². The van der Waals surface area contributed by atoms with Gasteiger partial charge in [-0.15, -0.1) is 0 Å². The molecule has 0 aliphatic heterocycles. The predicted molar refractivity (Wildman–Crippen MR) is 91.5 cm³/mol. The molecule has 0 heterocycles. The van der Waals surface area contributed by atoms with Gasteiger partial charge in [0.2, 0.25) is 0 Å². The Kier molecular flexibility index (Phi) is 15.5. The van der Waals surface area contributed by atoms with Gasteiger partial charge < -0.3 is 4.74 Å². The molecule has 0 bridgehead atoms. The SMILES string of the molecule is CCCCCCCCC(=O)OC(C)CCCCCCCC. The Bertz CT molecular complexity index is 226. The van der Waals surface area contributed by atoms with Crippen molar-refractivity contribution in [1.29, 1.82) is 0 Å². The lowest BCUT2D eigenvalue weighted by Gasteiger charge is -2.13. The number of esters is 1. The molecule has 126 valence electrons. The van der Waals surface area contributed by atoms with E-state index in [2.05, 4.69) is 13.8 Å². The number of carbonyl (C=O) groups excluding carboxylic acids is 1. The van der Waals surface area contributed by atoms with Gasteiger partial charge in [-0.25, -0.2) is 0 Å². The van der Waals surface area contributed by atoms with Crippen molar-refractivity contribution in [1.82, 2.24) is 0 Å². The van der Waals surface area contributed by atoms with E-state index in [4.69, 9.17) is 4.74 Å². The molecular formula is C19H38O2. The first kappa shape index (κ1) is 20.5. The van der Waals surface area contributed by atoms with E-state index in [-0.39, 0.29) is 12.1 Å². The Morgan fingerprint density at radius 3 is 1.81 bits per heavy atom. The fourth-order valence-corrected chi connectivity index (χ4v) is 2.60. The van der Waals surface area contributed by atoms with Crippen molar-refractivity contribution in [2.75, 3.05) is 0 Å². The molecule has 0 spiro atoms. The molecule has 0 amide bonds. The third-order valence-corrected chi connectivity index (χ3v) is 4.03. The highest BCUT2D eigenvalue weighted by atomic mass is 16.5. The van der Waals surface area contributed by atoms with Crippen molar-refractivity contribution in [2.45, 2.75) is 117 Å². The van der Waals surface area contributed by atoms with Gasteiger partial charge in [-0.1, -0.05) is 78.1 Å². The van der Waals surface area contributed by atoms with Crippen molar-refractivity contribution in [3.05, 3.63) is 0 Å². The second-order valence-corrected chi connectivity index (χ2v) is 6.37. The Hall–Kier alpha value is -0.530. The van der Waals surface area contributed by atoms with E-state index in [1.54, 1.807) is 0 Å². The normalized spacial score (nSPS) is 12.3. The van der Waals surface area contributed by atoms with Gasteiger partial charge in [0.15, 0.2) is 0 Å². The van der Waals surface area contributed by atoms with Crippen LogP contribution in [0.15, 0.2) is 0 Å². The lowest BCUT2D eigenvalue weighted by molar-refractivity contribution is -0.148. The van der Waals surface area contributed by atoms with Gasteiger partial charge in [0.1, 0.15) is 0 Å². The summed E-state index contributed by atoms with van der Waals surface area (Å²) in [7, 11) is 0. The third kappa shape index (κ3) is 15.7. The van der Waals surface area contributed by atoms with Gasteiger partial charge in [-0.2, -0.15) is 0 Å². The smallest absolute Gasteiger partial charge is 0.306 e. The van der Waals surface area contributed by atoms with Gasteiger partial charge >= 0.3 is 5.97 Å². The zero-order valence-corrected chi connectivity index (χ0v) is 14.8. The average molecular weight is 299 g/mol. The van der Waals surface area contributed by atoms with E-state index < -0.39 is 0 Å². The number of rotatable bonds is 15. The molecule has 21 heavy (non-hydrogen) atoms. The zero-order valence-electron chi connectivity index (χ0n) is 14.8. The highest BCUT2D eigenvalue weighted by molar-refractivity contribution is 5.69. The van der Waals surface area contributed by atoms with Gasteiger partial charge in [0.25, 0.3) is 0 Å². The molecule has 0 saturated carbocycles. The summed E-state index contributed by atoms with van der Waals surface area (Å²) in [6.45, 7) is 6.50. The van der Waals surface area contributed by atoms with Crippen LogP contribution in [0.25, 0.3) is 0 Å². The van der Waals surface area contributed by atoms with Crippen LogP contribution in [0.1, 0.15) is 111 Å². The van der Waals surface area contributed by atoms with E-state index in [1.807, 2.05) is 6.92 Å². The highest BCUT2D eigenvalue weighted by Crippen LogP contribution is 2.12. The molecule has 0 radical (unpaired) electrons. The quantitative estimate of drug-likeness (QED) is 0.257. The van der Waals surface area contributed by atoms with Crippen LogP contribution in [-0.2, 0) is 9.53 Å². The van der Waals surface area contributed by atoms with Crippen LogP contribution >= 0.6 is 0 Å². The van der Waals surface area contributed by atoms with Crippen LogP contribution < -0.4 is 0 Å². The number of ether oxygens (including phenoxy) is 1. The van der Waals surface area contributed by atoms with Crippen molar-refractivity contribution in [3.63, 3.8) is 0 Å². The molecule has 0 aromatic heterocycles. The molecule has 0 aromatic rings. The molecule has 0 saturated heterocycles. The topological polar surface area (TPSA) is 26.3 Å². The largest absolute Gasteiger partial charge is 0.463 e. The second kappa shape index (κ2) is 15.9. The van der Waals surface area contributed by atoms with Crippen LogP contribution in [0.5, 0.6) is 0 Å². The van der Waals surface area contributed by atoms with E-state index in [1.165, 1.54) is 70.6 Å². The first-order chi connectivity index (χ1) is 10.2.